The van der Waals surface area contributed by atoms with Gasteiger partial charge in [0.2, 0.25) is 0 Å². The number of benzene rings is 1. The summed E-state index contributed by atoms with van der Waals surface area (Å²) in [7, 11) is 0. The van der Waals surface area contributed by atoms with Crippen molar-refractivity contribution in [3.05, 3.63) is 41.5 Å². The number of hydrogen-bond donors (Lipinski definition) is 1. The van der Waals surface area contributed by atoms with Crippen LogP contribution in [0.4, 0.5) is 0 Å². The molecule has 0 saturated carbocycles. The number of ether oxygens (including phenoxy) is 1. The van der Waals surface area contributed by atoms with E-state index in [1.54, 1.807) is 24.0 Å². The first-order chi connectivity index (χ1) is 10.3. The number of nitrogens with zero attached hydrogens (tertiary/aromatic N) is 1. The van der Waals surface area contributed by atoms with E-state index < -0.39 is 6.10 Å². The van der Waals surface area contributed by atoms with E-state index in [9.17, 15) is 9.90 Å². The SMILES string of the molecule is CC(C)=CCOc1cccc(C(=O)N(CC(C)O)C(C)C)c1. The molecule has 0 aliphatic heterocycles. The molecular weight excluding hydrogens is 278 g/mol. The molecule has 0 aliphatic rings. The summed E-state index contributed by atoms with van der Waals surface area (Å²) in [6, 6.07) is 7.19. The maximum atomic E-state index is 12.6. The van der Waals surface area contributed by atoms with Crippen LogP contribution in [-0.2, 0) is 0 Å². The normalized spacial score (nSPS) is 12.0. The summed E-state index contributed by atoms with van der Waals surface area (Å²) in [5.41, 5.74) is 1.76. The fourth-order valence-electron chi connectivity index (χ4n) is 2.00. The van der Waals surface area contributed by atoms with Gasteiger partial charge in [-0.15, -0.1) is 0 Å². The molecule has 1 N–H and O–H groups in total. The Balaban J connectivity index is 2.86. The average molecular weight is 305 g/mol. The van der Waals surface area contributed by atoms with Gasteiger partial charge in [0.15, 0.2) is 0 Å². The van der Waals surface area contributed by atoms with Gasteiger partial charge < -0.3 is 14.7 Å². The van der Waals surface area contributed by atoms with Gasteiger partial charge in [0.05, 0.1) is 6.10 Å². The molecule has 0 radical (unpaired) electrons. The lowest BCUT2D eigenvalue weighted by Gasteiger charge is -2.28. The number of carbonyl (C=O) groups excluding carboxylic acids is 1. The van der Waals surface area contributed by atoms with Crippen LogP contribution in [0, 0.1) is 0 Å². The molecule has 1 rings (SSSR count). The molecule has 1 aromatic rings. The van der Waals surface area contributed by atoms with Crippen LogP contribution in [-0.4, -0.2) is 41.2 Å². The quantitative estimate of drug-likeness (QED) is 0.787. The standard InChI is InChI=1S/C18H27NO3/c1-13(2)9-10-22-17-8-6-7-16(11-17)18(21)19(14(3)4)12-15(5)20/h6-9,11,14-15,20H,10,12H2,1-5H3. The van der Waals surface area contributed by atoms with Crippen LogP contribution in [0.25, 0.3) is 0 Å². The smallest absolute Gasteiger partial charge is 0.254 e. The molecule has 1 unspecified atom stereocenters. The number of rotatable bonds is 7. The summed E-state index contributed by atoms with van der Waals surface area (Å²) in [6.45, 7) is 10.4. The number of aliphatic hydroxyl groups excluding tert-OH is 1. The van der Waals surface area contributed by atoms with Crippen molar-refractivity contribution >= 4 is 5.91 Å². The van der Waals surface area contributed by atoms with Gasteiger partial charge in [-0.05, 0) is 58.9 Å². The van der Waals surface area contributed by atoms with Crippen molar-refractivity contribution in [3.63, 3.8) is 0 Å². The van der Waals surface area contributed by atoms with Crippen molar-refractivity contribution < 1.29 is 14.6 Å². The Kier molecular flexibility index (Phi) is 7.12. The first-order valence-electron chi connectivity index (χ1n) is 7.66. The molecule has 0 saturated heterocycles. The van der Waals surface area contributed by atoms with Crippen LogP contribution in [0.5, 0.6) is 5.75 Å². The molecule has 0 heterocycles. The van der Waals surface area contributed by atoms with Crippen LogP contribution in [0.1, 0.15) is 45.0 Å². The highest BCUT2D eigenvalue weighted by Crippen LogP contribution is 2.16. The molecule has 122 valence electrons. The summed E-state index contributed by atoms with van der Waals surface area (Å²) >= 11 is 0. The Morgan fingerprint density at radius 3 is 2.55 bits per heavy atom. The molecule has 1 aromatic carbocycles. The number of allylic oxidation sites excluding steroid dienone is 1. The third kappa shape index (κ3) is 5.90. The van der Waals surface area contributed by atoms with Gasteiger partial charge >= 0.3 is 0 Å². The number of carbonyl (C=O) groups is 1. The molecule has 1 amide bonds. The van der Waals surface area contributed by atoms with Gasteiger partial charge in [-0.1, -0.05) is 11.6 Å². The van der Waals surface area contributed by atoms with Gasteiger partial charge in [0.25, 0.3) is 5.91 Å². The molecule has 4 nitrogen and oxygen atoms in total. The molecule has 22 heavy (non-hydrogen) atoms. The lowest BCUT2D eigenvalue weighted by Crippen LogP contribution is -2.41. The van der Waals surface area contributed by atoms with E-state index in [1.165, 1.54) is 5.57 Å². The van der Waals surface area contributed by atoms with Crippen LogP contribution in [0.3, 0.4) is 0 Å². The van der Waals surface area contributed by atoms with Crippen LogP contribution in [0.15, 0.2) is 35.9 Å². The van der Waals surface area contributed by atoms with E-state index in [4.69, 9.17) is 4.74 Å². The van der Waals surface area contributed by atoms with Gasteiger partial charge in [0.1, 0.15) is 12.4 Å². The van der Waals surface area contributed by atoms with Crippen LogP contribution < -0.4 is 4.74 Å². The van der Waals surface area contributed by atoms with Crippen molar-refractivity contribution in [2.24, 2.45) is 0 Å². The predicted molar refractivity (Wildman–Crippen MR) is 89.2 cm³/mol. The van der Waals surface area contributed by atoms with Crippen molar-refractivity contribution in [1.82, 2.24) is 4.90 Å². The highest BCUT2D eigenvalue weighted by Gasteiger charge is 2.20. The summed E-state index contributed by atoms with van der Waals surface area (Å²) in [5, 5.41) is 9.57. The maximum Gasteiger partial charge on any atom is 0.254 e. The fraction of sp³-hybridized carbons (Fsp3) is 0.500. The van der Waals surface area contributed by atoms with E-state index >= 15 is 0 Å². The zero-order valence-electron chi connectivity index (χ0n) is 14.2. The average Bonchev–Trinajstić information content (AvgIpc) is 2.43. The van der Waals surface area contributed by atoms with Gasteiger partial charge in [-0.25, -0.2) is 0 Å². The zero-order valence-corrected chi connectivity index (χ0v) is 14.2. The van der Waals surface area contributed by atoms with Gasteiger partial charge in [-0.3, -0.25) is 4.79 Å². The summed E-state index contributed by atoms with van der Waals surface area (Å²) in [4.78, 5) is 14.3. The molecule has 0 bridgehead atoms. The predicted octanol–water partition coefficient (Wildman–Crippen LogP) is 3.26. The van der Waals surface area contributed by atoms with Crippen molar-refractivity contribution in [2.75, 3.05) is 13.2 Å². The van der Waals surface area contributed by atoms with E-state index in [0.29, 0.717) is 24.5 Å². The second-order valence-corrected chi connectivity index (χ2v) is 6.02. The summed E-state index contributed by atoms with van der Waals surface area (Å²) in [5.74, 6) is 0.577. The molecular formula is C18H27NO3. The van der Waals surface area contributed by atoms with E-state index in [0.717, 1.165) is 0 Å². The van der Waals surface area contributed by atoms with E-state index in [-0.39, 0.29) is 11.9 Å². The lowest BCUT2D eigenvalue weighted by molar-refractivity contribution is 0.0578. The minimum Gasteiger partial charge on any atom is -0.490 e. The highest BCUT2D eigenvalue weighted by molar-refractivity contribution is 5.94. The Hall–Kier alpha value is -1.81. The Bertz CT molecular complexity index is 517. The molecule has 4 heteroatoms. The second kappa shape index (κ2) is 8.59. The third-order valence-electron chi connectivity index (χ3n) is 3.17. The topological polar surface area (TPSA) is 49.8 Å². The Morgan fingerprint density at radius 2 is 2.00 bits per heavy atom. The Morgan fingerprint density at radius 1 is 1.32 bits per heavy atom. The number of amides is 1. The van der Waals surface area contributed by atoms with Gasteiger partial charge in [0, 0.05) is 18.2 Å². The second-order valence-electron chi connectivity index (χ2n) is 6.02. The first kappa shape index (κ1) is 18.2. The largest absolute Gasteiger partial charge is 0.490 e. The number of aliphatic hydroxyl groups is 1. The monoisotopic (exact) mass is 305 g/mol. The summed E-state index contributed by atoms with van der Waals surface area (Å²) < 4.78 is 5.63. The number of hydrogen-bond acceptors (Lipinski definition) is 3. The van der Waals surface area contributed by atoms with E-state index in [1.807, 2.05) is 45.9 Å². The minimum absolute atomic E-state index is 0.0253. The van der Waals surface area contributed by atoms with Crippen molar-refractivity contribution in [1.29, 1.82) is 0 Å². The first-order valence-corrected chi connectivity index (χ1v) is 7.66. The van der Waals surface area contributed by atoms with Crippen LogP contribution in [0.2, 0.25) is 0 Å². The zero-order chi connectivity index (χ0) is 16.7. The minimum atomic E-state index is -0.552. The maximum absolute atomic E-state index is 12.6. The molecule has 0 fully saturated rings. The summed E-state index contributed by atoms with van der Waals surface area (Å²) in [6.07, 6.45) is 1.44. The molecule has 0 aliphatic carbocycles. The Labute approximate surface area is 133 Å². The van der Waals surface area contributed by atoms with Gasteiger partial charge in [-0.2, -0.15) is 0 Å². The molecule has 0 spiro atoms. The highest BCUT2D eigenvalue weighted by atomic mass is 16.5. The van der Waals surface area contributed by atoms with E-state index in [2.05, 4.69) is 0 Å². The van der Waals surface area contributed by atoms with Crippen molar-refractivity contribution in [2.45, 2.75) is 46.8 Å². The van der Waals surface area contributed by atoms with Crippen molar-refractivity contribution in [3.8, 4) is 5.75 Å². The molecule has 0 aromatic heterocycles. The van der Waals surface area contributed by atoms with Crippen LogP contribution >= 0.6 is 0 Å². The molecule has 1 atom stereocenters. The lowest BCUT2D eigenvalue weighted by atomic mass is 10.1. The fourth-order valence-corrected chi connectivity index (χ4v) is 2.00. The third-order valence-corrected chi connectivity index (χ3v) is 3.17.